The monoisotopic (exact) mass is 390 g/mol. The Bertz CT molecular complexity index is 490. The molecule has 0 aliphatic heterocycles. The molecule has 2 N–H and O–H groups in total. The number of carbonyl (C=O) groups is 2. The summed E-state index contributed by atoms with van der Waals surface area (Å²) in [5.41, 5.74) is 0.662. The smallest absolute Gasteiger partial charge is 0.247 e. The molecule has 0 heterocycles. The zero-order valence-electron chi connectivity index (χ0n) is 11.0. The number of nitrogens with one attached hydrogen (secondary N) is 2. The third-order valence-corrected chi connectivity index (χ3v) is 3.68. The molecule has 0 saturated carbocycles. The first kappa shape index (κ1) is 16.2. The summed E-state index contributed by atoms with van der Waals surface area (Å²) in [7, 11) is 0. The highest BCUT2D eigenvalue weighted by atomic mass is 79.9. The topological polar surface area (TPSA) is 58.2 Å². The molecule has 0 fully saturated rings. The van der Waals surface area contributed by atoms with Crippen LogP contribution < -0.4 is 10.6 Å². The Morgan fingerprint density at radius 2 is 1.84 bits per heavy atom. The zero-order valence-corrected chi connectivity index (χ0v) is 14.1. The van der Waals surface area contributed by atoms with Gasteiger partial charge in [0.2, 0.25) is 11.8 Å². The van der Waals surface area contributed by atoms with Crippen molar-refractivity contribution in [2.45, 2.75) is 26.8 Å². The highest BCUT2D eigenvalue weighted by Crippen LogP contribution is 2.26. The van der Waals surface area contributed by atoms with Gasteiger partial charge >= 0.3 is 0 Å². The van der Waals surface area contributed by atoms with Crippen LogP contribution in [0.15, 0.2) is 27.1 Å². The van der Waals surface area contributed by atoms with Crippen LogP contribution in [0, 0.1) is 5.92 Å². The zero-order chi connectivity index (χ0) is 14.6. The summed E-state index contributed by atoms with van der Waals surface area (Å²) in [5, 5.41) is 5.46. The van der Waals surface area contributed by atoms with E-state index in [0.29, 0.717) is 5.69 Å². The molecule has 0 aliphatic carbocycles. The highest BCUT2D eigenvalue weighted by molar-refractivity contribution is 9.11. The van der Waals surface area contributed by atoms with Gasteiger partial charge in [-0.3, -0.25) is 9.59 Å². The van der Waals surface area contributed by atoms with Crippen LogP contribution in [0.4, 0.5) is 5.69 Å². The normalized spacial score (nSPS) is 12.1. The van der Waals surface area contributed by atoms with Crippen LogP contribution in [-0.4, -0.2) is 17.9 Å². The predicted octanol–water partition coefficient (Wildman–Crippen LogP) is 3.31. The Morgan fingerprint density at radius 1 is 1.21 bits per heavy atom. The molecule has 1 aromatic rings. The first-order valence-corrected chi connectivity index (χ1v) is 7.43. The SMILES string of the molecule is CC(=O)NC(C(=O)Nc1cc(Br)ccc1Br)C(C)C. The second kappa shape index (κ2) is 7.05. The number of hydrogen-bond acceptors (Lipinski definition) is 2. The molecule has 0 bridgehead atoms. The molecular weight excluding hydrogens is 376 g/mol. The number of carbonyl (C=O) groups excluding carboxylic acids is 2. The van der Waals surface area contributed by atoms with Gasteiger partial charge in [0.1, 0.15) is 6.04 Å². The van der Waals surface area contributed by atoms with E-state index in [1.165, 1.54) is 6.92 Å². The quantitative estimate of drug-likeness (QED) is 0.827. The van der Waals surface area contributed by atoms with Gasteiger partial charge in [-0.25, -0.2) is 0 Å². The van der Waals surface area contributed by atoms with Crippen molar-refractivity contribution in [3.8, 4) is 0 Å². The molecule has 0 saturated heterocycles. The van der Waals surface area contributed by atoms with Crippen molar-refractivity contribution in [3.05, 3.63) is 27.1 Å². The van der Waals surface area contributed by atoms with Gasteiger partial charge in [-0.2, -0.15) is 0 Å². The van der Waals surface area contributed by atoms with Crippen molar-refractivity contribution in [2.24, 2.45) is 5.92 Å². The van der Waals surface area contributed by atoms with E-state index >= 15 is 0 Å². The molecule has 0 aliphatic rings. The van der Waals surface area contributed by atoms with E-state index in [1.54, 1.807) is 6.07 Å². The number of hydrogen-bond donors (Lipinski definition) is 2. The molecule has 0 spiro atoms. The fourth-order valence-corrected chi connectivity index (χ4v) is 2.26. The van der Waals surface area contributed by atoms with Crippen LogP contribution in [0.2, 0.25) is 0 Å². The van der Waals surface area contributed by atoms with Gasteiger partial charge in [-0.05, 0) is 40.0 Å². The van der Waals surface area contributed by atoms with Crippen LogP contribution in [0.3, 0.4) is 0 Å². The molecule has 1 rings (SSSR count). The second-order valence-electron chi connectivity index (χ2n) is 4.54. The minimum absolute atomic E-state index is 0.00910. The van der Waals surface area contributed by atoms with Gasteiger partial charge in [0.25, 0.3) is 0 Å². The molecule has 2 amide bonds. The molecule has 4 nitrogen and oxygen atoms in total. The second-order valence-corrected chi connectivity index (χ2v) is 6.31. The summed E-state index contributed by atoms with van der Waals surface area (Å²) >= 11 is 6.72. The standard InChI is InChI=1S/C13H16Br2N2O2/c1-7(2)12(16-8(3)18)13(19)17-11-6-9(14)4-5-10(11)15/h4-7,12H,1-3H3,(H,16,18)(H,17,19). The molecule has 1 atom stereocenters. The molecule has 19 heavy (non-hydrogen) atoms. The van der Waals surface area contributed by atoms with Crippen molar-refractivity contribution < 1.29 is 9.59 Å². The Kier molecular flexibility index (Phi) is 6.00. The number of anilines is 1. The van der Waals surface area contributed by atoms with Gasteiger partial charge in [0.05, 0.1) is 5.69 Å². The molecule has 0 radical (unpaired) electrons. The van der Waals surface area contributed by atoms with E-state index in [9.17, 15) is 9.59 Å². The number of halogens is 2. The maximum absolute atomic E-state index is 12.2. The van der Waals surface area contributed by atoms with E-state index in [1.807, 2.05) is 26.0 Å². The van der Waals surface area contributed by atoms with E-state index in [2.05, 4.69) is 42.5 Å². The summed E-state index contributed by atoms with van der Waals surface area (Å²) < 4.78 is 1.65. The van der Waals surface area contributed by atoms with Crippen molar-refractivity contribution >= 4 is 49.4 Å². The molecular formula is C13H16Br2N2O2. The molecule has 0 aromatic heterocycles. The average molecular weight is 392 g/mol. The highest BCUT2D eigenvalue weighted by Gasteiger charge is 2.23. The summed E-state index contributed by atoms with van der Waals surface area (Å²) in [6.07, 6.45) is 0. The third-order valence-electron chi connectivity index (χ3n) is 2.49. The first-order chi connectivity index (χ1) is 8.81. The van der Waals surface area contributed by atoms with Gasteiger partial charge in [-0.15, -0.1) is 0 Å². The maximum Gasteiger partial charge on any atom is 0.247 e. The lowest BCUT2D eigenvalue weighted by Gasteiger charge is -2.21. The lowest BCUT2D eigenvalue weighted by Crippen LogP contribution is -2.46. The third kappa shape index (κ3) is 4.95. The number of benzene rings is 1. The summed E-state index contributed by atoms with van der Waals surface area (Å²) in [4.78, 5) is 23.3. The van der Waals surface area contributed by atoms with E-state index < -0.39 is 6.04 Å². The Balaban J connectivity index is 2.87. The lowest BCUT2D eigenvalue weighted by molar-refractivity contribution is -0.126. The average Bonchev–Trinajstić information content (AvgIpc) is 2.30. The number of rotatable bonds is 4. The first-order valence-electron chi connectivity index (χ1n) is 5.84. The minimum atomic E-state index is -0.552. The van der Waals surface area contributed by atoms with Crippen LogP contribution in [-0.2, 0) is 9.59 Å². The van der Waals surface area contributed by atoms with Crippen molar-refractivity contribution in [3.63, 3.8) is 0 Å². The van der Waals surface area contributed by atoms with Crippen LogP contribution in [0.5, 0.6) is 0 Å². The van der Waals surface area contributed by atoms with E-state index in [4.69, 9.17) is 0 Å². The summed E-state index contributed by atoms with van der Waals surface area (Å²) in [6.45, 7) is 5.17. The van der Waals surface area contributed by atoms with Crippen LogP contribution in [0.25, 0.3) is 0 Å². The van der Waals surface area contributed by atoms with Gasteiger partial charge in [0, 0.05) is 15.9 Å². The molecule has 104 valence electrons. The Labute approximate surface area is 129 Å². The molecule has 6 heteroatoms. The Morgan fingerprint density at radius 3 is 2.37 bits per heavy atom. The van der Waals surface area contributed by atoms with E-state index in [-0.39, 0.29) is 17.7 Å². The lowest BCUT2D eigenvalue weighted by atomic mass is 10.0. The largest absolute Gasteiger partial charge is 0.344 e. The van der Waals surface area contributed by atoms with Gasteiger partial charge in [-0.1, -0.05) is 29.8 Å². The fourth-order valence-electron chi connectivity index (χ4n) is 1.56. The Hall–Kier alpha value is -0.880. The van der Waals surface area contributed by atoms with Crippen LogP contribution in [0.1, 0.15) is 20.8 Å². The summed E-state index contributed by atoms with van der Waals surface area (Å²) in [5.74, 6) is -0.444. The maximum atomic E-state index is 12.2. The van der Waals surface area contributed by atoms with Crippen molar-refractivity contribution in [1.29, 1.82) is 0 Å². The van der Waals surface area contributed by atoms with Gasteiger partial charge < -0.3 is 10.6 Å². The predicted molar refractivity (Wildman–Crippen MR) is 82.9 cm³/mol. The molecule has 1 unspecified atom stereocenters. The fraction of sp³-hybridized carbons (Fsp3) is 0.385. The molecule has 1 aromatic carbocycles. The van der Waals surface area contributed by atoms with Crippen molar-refractivity contribution in [1.82, 2.24) is 5.32 Å². The summed E-state index contributed by atoms with van der Waals surface area (Å²) in [6, 6.07) is 4.95. The van der Waals surface area contributed by atoms with Crippen LogP contribution >= 0.6 is 31.9 Å². The van der Waals surface area contributed by atoms with Crippen molar-refractivity contribution in [2.75, 3.05) is 5.32 Å². The number of amides is 2. The minimum Gasteiger partial charge on any atom is -0.344 e. The van der Waals surface area contributed by atoms with Gasteiger partial charge in [0.15, 0.2) is 0 Å². The van der Waals surface area contributed by atoms with E-state index in [0.717, 1.165) is 8.95 Å².